The van der Waals surface area contributed by atoms with Crippen molar-refractivity contribution in [2.45, 2.75) is 23.8 Å². The van der Waals surface area contributed by atoms with Crippen LogP contribution in [0.2, 0.25) is 0 Å². The molecule has 2 aromatic heterocycles. The lowest BCUT2D eigenvalue weighted by molar-refractivity contribution is 0.355. The Morgan fingerprint density at radius 3 is 2.80 bits per heavy atom. The highest BCUT2D eigenvalue weighted by atomic mass is 32.2. The third-order valence-corrected chi connectivity index (χ3v) is 8.39. The van der Waals surface area contributed by atoms with E-state index >= 15 is 0 Å². The first-order chi connectivity index (χ1) is 14.5. The van der Waals surface area contributed by atoms with E-state index in [0.29, 0.717) is 41.2 Å². The average Bonchev–Trinajstić information content (AvgIpc) is 3.46. The van der Waals surface area contributed by atoms with E-state index in [1.54, 1.807) is 25.6 Å². The lowest BCUT2D eigenvalue weighted by atomic mass is 10.1. The largest absolute Gasteiger partial charge is 0.493 e. The standard InChI is InChI=1S/C19H21N3O5S3/c1-25-15-4-3-13(8-16(15)26-2)18-20-14(9-28-18)10-29-19-22-21-17(27-19)7-12-5-6-30(23,24)11-12/h3-4,8-9,12H,5-7,10-11H2,1-2H3. The molecular weight excluding hydrogens is 446 g/mol. The third-order valence-electron chi connectivity index (χ3n) is 4.76. The van der Waals surface area contributed by atoms with Crippen molar-refractivity contribution >= 4 is 32.9 Å². The van der Waals surface area contributed by atoms with Crippen molar-refractivity contribution in [3.05, 3.63) is 35.2 Å². The Bertz CT molecular complexity index is 1130. The van der Waals surface area contributed by atoms with Crippen LogP contribution in [0.3, 0.4) is 0 Å². The van der Waals surface area contributed by atoms with Crippen molar-refractivity contribution in [1.29, 1.82) is 0 Å². The maximum atomic E-state index is 11.6. The summed E-state index contributed by atoms with van der Waals surface area (Å²) in [6, 6.07) is 5.71. The Kier molecular flexibility index (Phi) is 6.30. The maximum Gasteiger partial charge on any atom is 0.276 e. The number of hydrogen-bond acceptors (Lipinski definition) is 10. The number of aromatic nitrogens is 3. The van der Waals surface area contributed by atoms with Crippen molar-refractivity contribution in [1.82, 2.24) is 15.2 Å². The van der Waals surface area contributed by atoms with Crippen LogP contribution in [0.1, 0.15) is 18.0 Å². The van der Waals surface area contributed by atoms with Gasteiger partial charge in [0.05, 0.1) is 31.4 Å². The highest BCUT2D eigenvalue weighted by Gasteiger charge is 2.29. The van der Waals surface area contributed by atoms with Crippen LogP contribution in [0.15, 0.2) is 33.2 Å². The molecule has 1 aromatic carbocycles. The van der Waals surface area contributed by atoms with Crippen LogP contribution in [0, 0.1) is 5.92 Å². The molecule has 0 aliphatic carbocycles. The second kappa shape index (κ2) is 8.94. The zero-order valence-corrected chi connectivity index (χ0v) is 19.0. The summed E-state index contributed by atoms with van der Waals surface area (Å²) in [6.45, 7) is 0. The number of rotatable bonds is 8. The molecule has 0 saturated carbocycles. The number of nitrogens with zero attached hydrogens (tertiary/aromatic N) is 3. The van der Waals surface area contributed by atoms with E-state index in [2.05, 4.69) is 15.2 Å². The summed E-state index contributed by atoms with van der Waals surface area (Å²) in [7, 11) is 0.312. The number of benzene rings is 1. The first-order valence-electron chi connectivity index (χ1n) is 9.28. The Morgan fingerprint density at radius 2 is 2.07 bits per heavy atom. The van der Waals surface area contributed by atoms with E-state index in [1.165, 1.54) is 11.8 Å². The van der Waals surface area contributed by atoms with Gasteiger partial charge in [0.15, 0.2) is 21.3 Å². The van der Waals surface area contributed by atoms with Crippen molar-refractivity contribution < 1.29 is 22.3 Å². The molecule has 1 atom stereocenters. The predicted molar refractivity (Wildman–Crippen MR) is 115 cm³/mol. The number of ether oxygens (including phenoxy) is 2. The summed E-state index contributed by atoms with van der Waals surface area (Å²) in [5.74, 6) is 2.95. The van der Waals surface area contributed by atoms with Gasteiger partial charge in [0.25, 0.3) is 5.22 Å². The molecule has 1 unspecified atom stereocenters. The molecule has 8 nitrogen and oxygen atoms in total. The first kappa shape index (κ1) is 21.1. The molecule has 3 heterocycles. The Morgan fingerprint density at radius 1 is 1.23 bits per heavy atom. The molecule has 0 amide bonds. The Balaban J connectivity index is 1.35. The second-order valence-corrected chi connectivity index (χ2v) is 11.0. The molecule has 4 rings (SSSR count). The van der Waals surface area contributed by atoms with E-state index in [1.807, 2.05) is 23.6 Å². The Hall–Kier alpha value is -2.11. The average molecular weight is 468 g/mol. The van der Waals surface area contributed by atoms with E-state index in [-0.39, 0.29) is 17.4 Å². The van der Waals surface area contributed by atoms with Gasteiger partial charge in [-0.05, 0) is 30.5 Å². The van der Waals surface area contributed by atoms with E-state index in [0.717, 1.165) is 16.3 Å². The maximum absolute atomic E-state index is 11.6. The van der Waals surface area contributed by atoms with Gasteiger partial charge >= 0.3 is 0 Å². The lowest BCUT2D eigenvalue weighted by Gasteiger charge is -2.08. The van der Waals surface area contributed by atoms with Gasteiger partial charge in [-0.2, -0.15) is 0 Å². The van der Waals surface area contributed by atoms with Gasteiger partial charge in [-0.3, -0.25) is 0 Å². The number of thiazole rings is 1. The molecule has 1 fully saturated rings. The molecule has 0 bridgehead atoms. The summed E-state index contributed by atoms with van der Waals surface area (Å²) >= 11 is 2.97. The molecule has 11 heteroatoms. The fourth-order valence-electron chi connectivity index (χ4n) is 3.27. The van der Waals surface area contributed by atoms with Crippen molar-refractivity contribution in [3.63, 3.8) is 0 Å². The van der Waals surface area contributed by atoms with E-state index < -0.39 is 9.84 Å². The zero-order chi connectivity index (χ0) is 21.1. The minimum atomic E-state index is -2.90. The van der Waals surface area contributed by atoms with E-state index in [4.69, 9.17) is 13.9 Å². The highest BCUT2D eigenvalue weighted by molar-refractivity contribution is 7.98. The minimum Gasteiger partial charge on any atom is -0.493 e. The second-order valence-electron chi connectivity index (χ2n) is 6.94. The SMILES string of the molecule is COc1ccc(-c2nc(CSc3nnc(CC4CCS(=O)(=O)C4)o3)cs2)cc1OC. The summed E-state index contributed by atoms with van der Waals surface area (Å²) in [6.07, 6.45) is 1.16. The van der Waals surface area contributed by atoms with Crippen LogP contribution >= 0.6 is 23.1 Å². The molecule has 1 aliphatic heterocycles. The van der Waals surface area contributed by atoms with Crippen molar-refractivity contribution in [2.75, 3.05) is 25.7 Å². The minimum absolute atomic E-state index is 0.0656. The van der Waals surface area contributed by atoms with Gasteiger partial charge in [0.2, 0.25) is 5.89 Å². The Labute approximate surface area is 182 Å². The van der Waals surface area contributed by atoms with Crippen molar-refractivity contribution in [3.8, 4) is 22.1 Å². The lowest BCUT2D eigenvalue weighted by Crippen LogP contribution is -2.07. The molecule has 0 radical (unpaired) electrons. The van der Waals surface area contributed by atoms with Gasteiger partial charge in [0.1, 0.15) is 5.01 Å². The van der Waals surface area contributed by atoms with Gasteiger partial charge in [-0.25, -0.2) is 13.4 Å². The smallest absolute Gasteiger partial charge is 0.276 e. The first-order valence-corrected chi connectivity index (χ1v) is 13.0. The van der Waals surface area contributed by atoms with Crippen LogP contribution in [-0.4, -0.2) is 49.3 Å². The van der Waals surface area contributed by atoms with Crippen LogP contribution in [0.5, 0.6) is 11.5 Å². The molecule has 0 spiro atoms. The molecule has 1 saturated heterocycles. The molecule has 0 N–H and O–H groups in total. The highest BCUT2D eigenvalue weighted by Crippen LogP contribution is 2.34. The number of thioether (sulfide) groups is 1. The van der Waals surface area contributed by atoms with Gasteiger partial charge in [-0.1, -0.05) is 11.8 Å². The number of sulfone groups is 1. The topological polar surface area (TPSA) is 104 Å². The summed E-state index contributed by atoms with van der Waals surface area (Å²) in [5.41, 5.74) is 1.87. The molecular formula is C19H21N3O5S3. The normalized spacial score (nSPS) is 17.9. The molecule has 1 aliphatic rings. The monoisotopic (exact) mass is 467 g/mol. The summed E-state index contributed by atoms with van der Waals surface area (Å²) < 4.78 is 39.5. The van der Waals surface area contributed by atoms with Gasteiger partial charge in [-0.15, -0.1) is 21.5 Å². The zero-order valence-electron chi connectivity index (χ0n) is 16.5. The van der Waals surface area contributed by atoms with Gasteiger partial charge < -0.3 is 13.9 Å². The summed E-state index contributed by atoms with van der Waals surface area (Å²) in [4.78, 5) is 4.68. The number of methoxy groups -OCH3 is 2. The van der Waals surface area contributed by atoms with Gasteiger partial charge in [0, 0.05) is 23.1 Å². The fourth-order valence-corrected chi connectivity index (χ4v) is 6.73. The van der Waals surface area contributed by atoms with Crippen LogP contribution < -0.4 is 9.47 Å². The quantitative estimate of drug-likeness (QED) is 0.460. The van der Waals surface area contributed by atoms with Crippen LogP contribution in [-0.2, 0) is 22.0 Å². The van der Waals surface area contributed by atoms with E-state index in [9.17, 15) is 8.42 Å². The third kappa shape index (κ3) is 4.96. The fraction of sp³-hybridized carbons (Fsp3) is 0.421. The van der Waals surface area contributed by atoms with Crippen LogP contribution in [0.4, 0.5) is 0 Å². The number of hydrogen-bond donors (Lipinski definition) is 0. The molecule has 3 aromatic rings. The van der Waals surface area contributed by atoms with Crippen LogP contribution in [0.25, 0.3) is 10.6 Å². The summed E-state index contributed by atoms with van der Waals surface area (Å²) in [5, 5.41) is 11.5. The molecule has 160 valence electrons. The van der Waals surface area contributed by atoms with Crippen molar-refractivity contribution in [2.24, 2.45) is 5.92 Å². The molecule has 30 heavy (non-hydrogen) atoms. The predicted octanol–water partition coefficient (Wildman–Crippen LogP) is 3.48.